The maximum atomic E-state index is 5.88. The number of fused-ring (bicyclic) bond motifs is 1. The number of nitrogens with zero attached hydrogens (tertiary/aromatic N) is 5. The Morgan fingerprint density at radius 2 is 2.03 bits per heavy atom. The van der Waals surface area contributed by atoms with Crippen LogP contribution in [0.1, 0.15) is 24.0 Å². The predicted octanol–water partition coefficient (Wildman–Crippen LogP) is 2.53. The van der Waals surface area contributed by atoms with Gasteiger partial charge in [0.15, 0.2) is 17.6 Å². The second kappa shape index (κ2) is 9.61. The average molecular weight is 391 g/mol. The molecule has 150 valence electrons. The smallest absolute Gasteiger partial charge is 0.185 e. The fourth-order valence-corrected chi connectivity index (χ4v) is 2.77. The number of benzene rings is 1. The van der Waals surface area contributed by atoms with Gasteiger partial charge in [-0.1, -0.05) is 17.7 Å². The average Bonchev–Trinajstić information content (AvgIpc) is 2.73. The molecule has 2 heterocycles. The molecule has 0 aliphatic carbocycles. The van der Waals surface area contributed by atoms with Crippen LogP contribution in [0.15, 0.2) is 47.6 Å². The molecule has 0 saturated carbocycles. The third-order valence-corrected chi connectivity index (χ3v) is 4.10. The Bertz CT molecular complexity index is 1010. The van der Waals surface area contributed by atoms with Crippen molar-refractivity contribution in [1.29, 1.82) is 0 Å². The molecule has 0 saturated heterocycles. The fraction of sp³-hybridized carbons (Fsp3) is 0.238. The second-order valence-electron chi connectivity index (χ2n) is 6.35. The van der Waals surface area contributed by atoms with E-state index in [0.29, 0.717) is 31.3 Å². The highest BCUT2D eigenvalue weighted by molar-refractivity contribution is 5.90. The van der Waals surface area contributed by atoms with Crippen molar-refractivity contribution in [2.45, 2.75) is 13.8 Å². The van der Waals surface area contributed by atoms with E-state index in [9.17, 15) is 0 Å². The van der Waals surface area contributed by atoms with E-state index in [-0.39, 0.29) is 5.96 Å². The maximum absolute atomic E-state index is 5.88. The third-order valence-electron chi connectivity index (χ3n) is 4.10. The summed E-state index contributed by atoms with van der Waals surface area (Å²) in [6, 6.07) is 11.8. The Hall–Kier alpha value is -3.52. The summed E-state index contributed by atoms with van der Waals surface area (Å²) < 4.78 is 0. The van der Waals surface area contributed by atoms with Crippen LogP contribution < -0.4 is 16.5 Å². The van der Waals surface area contributed by atoms with Gasteiger partial charge in [-0.05, 0) is 50.3 Å². The number of anilines is 1. The molecule has 29 heavy (non-hydrogen) atoms. The quantitative estimate of drug-likeness (QED) is 0.262. The SMILES string of the molecule is CCN(OCCN=C(N)N)c1nc(C=Cc2ccccn2)nc2ccc(C)cc12. The lowest BCUT2D eigenvalue weighted by Crippen LogP contribution is -2.27. The molecule has 0 atom stereocenters. The Balaban J connectivity index is 1.95. The van der Waals surface area contributed by atoms with Gasteiger partial charge in [0.25, 0.3) is 0 Å². The predicted molar refractivity (Wildman–Crippen MR) is 117 cm³/mol. The van der Waals surface area contributed by atoms with Gasteiger partial charge in [0, 0.05) is 18.1 Å². The molecule has 0 amide bonds. The summed E-state index contributed by atoms with van der Waals surface area (Å²) in [5, 5.41) is 2.66. The lowest BCUT2D eigenvalue weighted by Gasteiger charge is -2.22. The first-order chi connectivity index (χ1) is 14.1. The summed E-state index contributed by atoms with van der Waals surface area (Å²) in [6.07, 6.45) is 5.48. The molecular weight excluding hydrogens is 366 g/mol. The molecule has 0 unspecified atom stereocenters. The minimum absolute atomic E-state index is 0.0432. The molecule has 0 aliphatic rings. The fourth-order valence-electron chi connectivity index (χ4n) is 2.77. The number of nitrogens with two attached hydrogens (primary N) is 2. The highest BCUT2D eigenvalue weighted by atomic mass is 16.7. The molecule has 0 spiro atoms. The van der Waals surface area contributed by atoms with Gasteiger partial charge in [-0.3, -0.25) is 14.8 Å². The molecule has 1 aromatic carbocycles. The summed E-state index contributed by atoms with van der Waals surface area (Å²) in [7, 11) is 0. The van der Waals surface area contributed by atoms with Crippen molar-refractivity contribution in [3.8, 4) is 0 Å². The molecular formula is C21H25N7O. The Morgan fingerprint density at radius 1 is 1.17 bits per heavy atom. The molecule has 0 bridgehead atoms. The van der Waals surface area contributed by atoms with Crippen LogP contribution in [0.3, 0.4) is 0 Å². The normalized spacial score (nSPS) is 11.1. The van der Waals surface area contributed by atoms with Crippen LogP contribution in [0.4, 0.5) is 5.82 Å². The van der Waals surface area contributed by atoms with Crippen LogP contribution in [-0.4, -0.2) is 40.6 Å². The third kappa shape index (κ3) is 5.49. The van der Waals surface area contributed by atoms with Gasteiger partial charge in [-0.25, -0.2) is 15.0 Å². The topological polar surface area (TPSA) is 116 Å². The molecule has 0 aliphatic heterocycles. The van der Waals surface area contributed by atoms with Crippen molar-refractivity contribution in [2.24, 2.45) is 16.5 Å². The van der Waals surface area contributed by atoms with Crippen molar-refractivity contribution in [2.75, 3.05) is 24.8 Å². The highest BCUT2D eigenvalue weighted by Crippen LogP contribution is 2.26. The van der Waals surface area contributed by atoms with E-state index >= 15 is 0 Å². The summed E-state index contributed by atoms with van der Waals surface area (Å²) >= 11 is 0. The number of pyridine rings is 1. The zero-order valence-electron chi connectivity index (χ0n) is 16.6. The molecule has 2 aromatic heterocycles. The summed E-state index contributed by atoms with van der Waals surface area (Å²) in [4.78, 5) is 23.5. The van der Waals surface area contributed by atoms with E-state index in [2.05, 4.69) is 21.0 Å². The van der Waals surface area contributed by atoms with Crippen molar-refractivity contribution in [3.63, 3.8) is 0 Å². The van der Waals surface area contributed by atoms with Crippen LogP contribution >= 0.6 is 0 Å². The van der Waals surface area contributed by atoms with Crippen LogP contribution in [0.2, 0.25) is 0 Å². The zero-order chi connectivity index (χ0) is 20.6. The molecule has 0 fully saturated rings. The monoisotopic (exact) mass is 391 g/mol. The first-order valence-corrected chi connectivity index (χ1v) is 9.40. The van der Waals surface area contributed by atoms with Crippen LogP contribution in [0, 0.1) is 6.92 Å². The van der Waals surface area contributed by atoms with Crippen LogP contribution in [-0.2, 0) is 4.84 Å². The van der Waals surface area contributed by atoms with Gasteiger partial charge in [0.05, 0.1) is 24.4 Å². The number of aliphatic imine (C=N–C) groups is 1. The lowest BCUT2D eigenvalue weighted by molar-refractivity contribution is 0.116. The first kappa shape index (κ1) is 20.2. The maximum Gasteiger partial charge on any atom is 0.185 e. The van der Waals surface area contributed by atoms with E-state index in [1.807, 2.05) is 56.3 Å². The lowest BCUT2D eigenvalue weighted by atomic mass is 10.1. The number of hydrogen-bond acceptors (Lipinski definition) is 6. The van der Waals surface area contributed by atoms with Crippen molar-refractivity contribution < 1.29 is 4.84 Å². The molecule has 3 aromatic rings. The van der Waals surface area contributed by atoms with Gasteiger partial charge < -0.3 is 11.5 Å². The standard InChI is InChI=1S/C21H25N7O/c1-3-28(29-13-12-25-21(22)23)20-17-14-15(2)7-9-18(17)26-19(27-20)10-8-16-6-4-5-11-24-16/h4-11,14H,3,12-13H2,1-2H3,(H4,22,23,25). The van der Waals surface area contributed by atoms with E-state index in [1.54, 1.807) is 11.3 Å². The van der Waals surface area contributed by atoms with Gasteiger partial charge in [-0.15, -0.1) is 0 Å². The van der Waals surface area contributed by atoms with Crippen molar-refractivity contribution >= 4 is 34.8 Å². The van der Waals surface area contributed by atoms with E-state index in [1.165, 1.54) is 0 Å². The Labute approximate surface area is 169 Å². The zero-order valence-corrected chi connectivity index (χ0v) is 16.6. The van der Waals surface area contributed by atoms with Gasteiger partial charge in [-0.2, -0.15) is 0 Å². The van der Waals surface area contributed by atoms with E-state index in [4.69, 9.17) is 21.3 Å². The molecule has 4 N–H and O–H groups in total. The number of hydroxylamine groups is 1. The highest BCUT2D eigenvalue weighted by Gasteiger charge is 2.14. The minimum Gasteiger partial charge on any atom is -0.370 e. The van der Waals surface area contributed by atoms with E-state index in [0.717, 1.165) is 22.2 Å². The van der Waals surface area contributed by atoms with Gasteiger partial charge in [0.2, 0.25) is 0 Å². The molecule has 0 radical (unpaired) electrons. The summed E-state index contributed by atoms with van der Waals surface area (Å²) in [5.41, 5.74) is 13.5. The number of rotatable bonds is 8. The second-order valence-corrected chi connectivity index (χ2v) is 6.35. The summed E-state index contributed by atoms with van der Waals surface area (Å²) in [6.45, 7) is 5.34. The van der Waals surface area contributed by atoms with Crippen molar-refractivity contribution in [1.82, 2.24) is 15.0 Å². The number of hydrogen-bond donors (Lipinski definition) is 2. The number of aryl methyl sites for hydroxylation is 1. The Morgan fingerprint density at radius 3 is 2.76 bits per heavy atom. The number of aromatic nitrogens is 3. The number of guanidine groups is 1. The van der Waals surface area contributed by atoms with Gasteiger partial charge in [0.1, 0.15) is 0 Å². The summed E-state index contributed by atoms with van der Waals surface area (Å²) in [5.74, 6) is 1.32. The first-order valence-electron chi connectivity index (χ1n) is 9.40. The van der Waals surface area contributed by atoms with Gasteiger partial charge >= 0.3 is 0 Å². The van der Waals surface area contributed by atoms with Crippen LogP contribution in [0.25, 0.3) is 23.1 Å². The molecule has 8 heteroatoms. The minimum atomic E-state index is 0.0432. The van der Waals surface area contributed by atoms with Crippen LogP contribution in [0.5, 0.6) is 0 Å². The molecule has 3 rings (SSSR count). The largest absolute Gasteiger partial charge is 0.370 e. The van der Waals surface area contributed by atoms with E-state index < -0.39 is 0 Å². The van der Waals surface area contributed by atoms with Crippen molar-refractivity contribution in [3.05, 3.63) is 59.7 Å². The Kier molecular flexibility index (Phi) is 6.70. The molecule has 8 nitrogen and oxygen atoms in total.